The third-order valence-corrected chi connectivity index (χ3v) is 3.68. The molecule has 0 spiro atoms. The number of benzene rings is 1. The molecule has 1 aromatic carbocycles. The number of hydrogen-bond acceptors (Lipinski definition) is 2. The lowest BCUT2D eigenvalue weighted by molar-refractivity contribution is -0.139. The first-order chi connectivity index (χ1) is 9.22. The van der Waals surface area contributed by atoms with Gasteiger partial charge in [0, 0.05) is 13.1 Å². The Morgan fingerprint density at radius 3 is 2.58 bits per heavy atom. The summed E-state index contributed by atoms with van der Waals surface area (Å²) < 4.78 is 5.92. The number of nitrogens with zero attached hydrogens (tertiary/aromatic N) is 1. The van der Waals surface area contributed by atoms with Gasteiger partial charge in [-0.3, -0.25) is 4.79 Å². The monoisotopic (exact) mass is 261 g/mol. The summed E-state index contributed by atoms with van der Waals surface area (Å²) in [5, 5.41) is 0. The number of likely N-dealkylation sites (tertiary alicyclic amines) is 1. The van der Waals surface area contributed by atoms with Crippen molar-refractivity contribution in [2.24, 2.45) is 0 Å². The summed E-state index contributed by atoms with van der Waals surface area (Å²) >= 11 is 0. The topological polar surface area (TPSA) is 29.5 Å². The van der Waals surface area contributed by atoms with Gasteiger partial charge in [0.2, 0.25) is 0 Å². The minimum Gasteiger partial charge on any atom is -0.480 e. The Bertz CT molecular complexity index is 425. The molecule has 1 saturated heterocycles. The third-order valence-electron chi connectivity index (χ3n) is 3.68. The van der Waals surface area contributed by atoms with Crippen molar-refractivity contribution in [2.45, 2.75) is 45.6 Å². The molecule has 1 aliphatic rings. The van der Waals surface area contributed by atoms with Crippen molar-refractivity contribution in [1.29, 1.82) is 0 Å². The van der Waals surface area contributed by atoms with Gasteiger partial charge in [-0.1, -0.05) is 25.1 Å². The normalized spacial score (nSPS) is 17.1. The molecule has 0 bridgehead atoms. The van der Waals surface area contributed by atoms with Gasteiger partial charge < -0.3 is 9.64 Å². The second kappa shape index (κ2) is 6.60. The predicted octanol–water partition coefficient (Wildman–Crippen LogP) is 3.16. The van der Waals surface area contributed by atoms with Gasteiger partial charge in [-0.05, 0) is 44.2 Å². The molecule has 1 atom stereocenters. The SMILES string of the molecule is CCC(Oc1ccccc1C)C(=O)N1CCCCC1. The van der Waals surface area contributed by atoms with Crippen molar-refractivity contribution in [3.05, 3.63) is 29.8 Å². The van der Waals surface area contributed by atoms with E-state index in [0.29, 0.717) is 6.42 Å². The van der Waals surface area contributed by atoms with Gasteiger partial charge >= 0.3 is 0 Å². The standard InChI is InChI=1S/C16H23NO2/c1-3-14(16(18)17-11-7-4-8-12-17)19-15-10-6-5-9-13(15)2/h5-6,9-10,14H,3-4,7-8,11-12H2,1-2H3. The molecular weight excluding hydrogens is 238 g/mol. The predicted molar refractivity (Wildman–Crippen MR) is 76.3 cm³/mol. The maximum absolute atomic E-state index is 12.4. The van der Waals surface area contributed by atoms with Gasteiger partial charge in [0.05, 0.1) is 0 Å². The van der Waals surface area contributed by atoms with Crippen LogP contribution in [0.15, 0.2) is 24.3 Å². The Morgan fingerprint density at radius 1 is 1.26 bits per heavy atom. The third kappa shape index (κ3) is 3.49. The van der Waals surface area contributed by atoms with E-state index in [0.717, 1.165) is 37.2 Å². The Morgan fingerprint density at radius 2 is 1.95 bits per heavy atom. The number of rotatable bonds is 4. The fraction of sp³-hybridized carbons (Fsp3) is 0.562. The van der Waals surface area contributed by atoms with Gasteiger partial charge in [-0.2, -0.15) is 0 Å². The molecule has 104 valence electrons. The molecule has 0 saturated carbocycles. The minimum atomic E-state index is -0.348. The van der Waals surface area contributed by atoms with Crippen LogP contribution in [0.4, 0.5) is 0 Å². The molecule has 3 nitrogen and oxygen atoms in total. The number of amides is 1. The largest absolute Gasteiger partial charge is 0.480 e. The highest BCUT2D eigenvalue weighted by Gasteiger charge is 2.25. The lowest BCUT2D eigenvalue weighted by Gasteiger charge is -2.30. The summed E-state index contributed by atoms with van der Waals surface area (Å²) in [6, 6.07) is 7.87. The van der Waals surface area contributed by atoms with Gasteiger partial charge in [-0.15, -0.1) is 0 Å². The molecule has 1 aromatic rings. The fourth-order valence-corrected chi connectivity index (χ4v) is 2.47. The molecule has 1 heterocycles. The van der Waals surface area contributed by atoms with Crippen molar-refractivity contribution in [3.8, 4) is 5.75 Å². The summed E-state index contributed by atoms with van der Waals surface area (Å²) in [7, 11) is 0. The lowest BCUT2D eigenvalue weighted by atomic mass is 10.1. The molecule has 2 rings (SSSR count). The van der Waals surface area contributed by atoms with E-state index in [-0.39, 0.29) is 12.0 Å². The van der Waals surface area contributed by atoms with Crippen molar-refractivity contribution in [2.75, 3.05) is 13.1 Å². The van der Waals surface area contributed by atoms with E-state index in [1.54, 1.807) is 0 Å². The van der Waals surface area contributed by atoms with Crippen LogP contribution in [-0.2, 0) is 4.79 Å². The van der Waals surface area contributed by atoms with E-state index in [4.69, 9.17) is 4.74 Å². The average Bonchev–Trinajstić information content (AvgIpc) is 2.47. The molecule has 0 aromatic heterocycles. The van der Waals surface area contributed by atoms with Crippen LogP contribution in [0, 0.1) is 6.92 Å². The van der Waals surface area contributed by atoms with Crippen LogP contribution in [0.3, 0.4) is 0 Å². The first-order valence-electron chi connectivity index (χ1n) is 7.23. The van der Waals surface area contributed by atoms with Gasteiger partial charge in [0.1, 0.15) is 5.75 Å². The summed E-state index contributed by atoms with van der Waals surface area (Å²) in [6.07, 6.45) is 3.83. The maximum Gasteiger partial charge on any atom is 0.263 e. The molecule has 1 unspecified atom stereocenters. The van der Waals surface area contributed by atoms with Crippen molar-refractivity contribution in [1.82, 2.24) is 4.90 Å². The second-order valence-corrected chi connectivity index (χ2v) is 5.17. The molecule has 1 fully saturated rings. The molecule has 0 N–H and O–H groups in total. The number of hydrogen-bond donors (Lipinski definition) is 0. The summed E-state index contributed by atoms with van der Waals surface area (Å²) in [6.45, 7) is 5.77. The quantitative estimate of drug-likeness (QED) is 0.833. The number of ether oxygens (including phenoxy) is 1. The van der Waals surface area contributed by atoms with Crippen LogP contribution in [0.1, 0.15) is 38.2 Å². The van der Waals surface area contributed by atoms with Crippen LogP contribution >= 0.6 is 0 Å². The van der Waals surface area contributed by atoms with E-state index in [9.17, 15) is 4.79 Å². The zero-order valence-electron chi connectivity index (χ0n) is 11.9. The van der Waals surface area contributed by atoms with Gasteiger partial charge in [-0.25, -0.2) is 0 Å². The Labute approximate surface area is 115 Å². The van der Waals surface area contributed by atoms with Crippen molar-refractivity contribution in [3.63, 3.8) is 0 Å². The van der Waals surface area contributed by atoms with Crippen LogP contribution in [0.2, 0.25) is 0 Å². The minimum absolute atomic E-state index is 0.144. The Kier molecular flexibility index (Phi) is 4.83. The molecule has 0 radical (unpaired) electrons. The molecule has 19 heavy (non-hydrogen) atoms. The number of para-hydroxylation sites is 1. The summed E-state index contributed by atoms with van der Waals surface area (Å²) in [4.78, 5) is 14.4. The first kappa shape index (κ1) is 13.9. The highest BCUT2D eigenvalue weighted by atomic mass is 16.5. The molecule has 1 amide bonds. The fourth-order valence-electron chi connectivity index (χ4n) is 2.47. The van der Waals surface area contributed by atoms with E-state index in [2.05, 4.69) is 0 Å². The average molecular weight is 261 g/mol. The second-order valence-electron chi connectivity index (χ2n) is 5.17. The van der Waals surface area contributed by atoms with Gasteiger partial charge in [0.25, 0.3) is 5.91 Å². The zero-order valence-corrected chi connectivity index (χ0v) is 11.9. The molecule has 1 aliphatic heterocycles. The van der Waals surface area contributed by atoms with E-state index in [1.165, 1.54) is 6.42 Å². The maximum atomic E-state index is 12.4. The zero-order chi connectivity index (χ0) is 13.7. The van der Waals surface area contributed by atoms with Crippen LogP contribution in [0.25, 0.3) is 0 Å². The summed E-state index contributed by atoms with van der Waals surface area (Å²) in [5.74, 6) is 0.963. The molecule has 0 aliphatic carbocycles. The number of piperidine rings is 1. The smallest absolute Gasteiger partial charge is 0.263 e. The molecule has 3 heteroatoms. The lowest BCUT2D eigenvalue weighted by Crippen LogP contribution is -2.44. The number of carbonyl (C=O) groups excluding carboxylic acids is 1. The van der Waals surface area contributed by atoms with E-state index >= 15 is 0 Å². The van der Waals surface area contributed by atoms with E-state index in [1.807, 2.05) is 43.0 Å². The van der Waals surface area contributed by atoms with E-state index < -0.39 is 0 Å². The summed E-state index contributed by atoms with van der Waals surface area (Å²) in [5.41, 5.74) is 1.08. The first-order valence-corrected chi connectivity index (χ1v) is 7.23. The van der Waals surface area contributed by atoms with Crippen LogP contribution < -0.4 is 4.74 Å². The van der Waals surface area contributed by atoms with Crippen LogP contribution in [0.5, 0.6) is 5.75 Å². The Hall–Kier alpha value is -1.51. The highest BCUT2D eigenvalue weighted by molar-refractivity contribution is 5.81. The number of aryl methyl sites for hydroxylation is 1. The Balaban J connectivity index is 2.03. The van der Waals surface area contributed by atoms with Crippen molar-refractivity contribution < 1.29 is 9.53 Å². The van der Waals surface area contributed by atoms with Crippen molar-refractivity contribution >= 4 is 5.91 Å². The number of carbonyl (C=O) groups is 1. The van der Waals surface area contributed by atoms with Crippen LogP contribution in [-0.4, -0.2) is 30.0 Å². The molecular formula is C16H23NO2. The van der Waals surface area contributed by atoms with Gasteiger partial charge in [0.15, 0.2) is 6.10 Å². The highest BCUT2D eigenvalue weighted by Crippen LogP contribution is 2.20.